The molecule has 1 amide bonds. The fraction of sp³-hybridized carbons (Fsp3) is 0.545. The lowest BCUT2D eigenvalue weighted by Crippen LogP contribution is -2.35. The standard InChI is InChI=1S/C22H31N3O3/c1-16-8-12-25(13-9-16)11-5-10-23-22(26)19-6-4-7-20(14-19)27-15-21-17(2)24-28-18(21)3/h4,6-7,14,16H,5,8-13,15H2,1-3H3,(H,23,26). The second kappa shape index (κ2) is 9.73. The van der Waals surface area contributed by atoms with Crippen LogP contribution in [0.15, 0.2) is 28.8 Å². The number of carbonyl (C=O) groups is 1. The molecule has 0 unspecified atom stereocenters. The smallest absolute Gasteiger partial charge is 0.251 e. The first-order valence-corrected chi connectivity index (χ1v) is 10.2. The minimum atomic E-state index is -0.0601. The van der Waals surface area contributed by atoms with Crippen LogP contribution in [-0.2, 0) is 6.61 Å². The molecule has 152 valence electrons. The molecule has 28 heavy (non-hydrogen) atoms. The van der Waals surface area contributed by atoms with E-state index in [-0.39, 0.29) is 5.91 Å². The van der Waals surface area contributed by atoms with Gasteiger partial charge in [-0.25, -0.2) is 0 Å². The summed E-state index contributed by atoms with van der Waals surface area (Å²) in [4.78, 5) is 14.9. The molecule has 1 aromatic carbocycles. The predicted octanol–water partition coefficient (Wildman–Crippen LogP) is 3.72. The summed E-state index contributed by atoms with van der Waals surface area (Å²) in [6.45, 7) is 10.6. The summed E-state index contributed by atoms with van der Waals surface area (Å²) < 4.78 is 11.0. The fourth-order valence-electron chi connectivity index (χ4n) is 3.48. The summed E-state index contributed by atoms with van der Waals surface area (Å²) in [7, 11) is 0. The zero-order valence-corrected chi connectivity index (χ0v) is 17.2. The van der Waals surface area contributed by atoms with E-state index in [1.54, 1.807) is 6.07 Å². The Hall–Kier alpha value is -2.34. The Morgan fingerprint density at radius 1 is 1.32 bits per heavy atom. The quantitative estimate of drug-likeness (QED) is 0.702. The fourth-order valence-corrected chi connectivity index (χ4v) is 3.48. The van der Waals surface area contributed by atoms with Gasteiger partial charge in [0, 0.05) is 12.1 Å². The van der Waals surface area contributed by atoms with Gasteiger partial charge in [0.25, 0.3) is 5.91 Å². The van der Waals surface area contributed by atoms with Gasteiger partial charge in [-0.3, -0.25) is 4.79 Å². The van der Waals surface area contributed by atoms with Crippen LogP contribution in [0.3, 0.4) is 0 Å². The van der Waals surface area contributed by atoms with Gasteiger partial charge >= 0.3 is 0 Å². The van der Waals surface area contributed by atoms with Gasteiger partial charge in [0.1, 0.15) is 18.1 Å². The molecule has 0 bridgehead atoms. The van der Waals surface area contributed by atoms with E-state index in [2.05, 4.69) is 22.3 Å². The Labute approximate surface area is 167 Å². The van der Waals surface area contributed by atoms with E-state index >= 15 is 0 Å². The molecule has 0 saturated carbocycles. The maximum Gasteiger partial charge on any atom is 0.251 e. The normalized spacial score (nSPS) is 15.5. The predicted molar refractivity (Wildman–Crippen MR) is 109 cm³/mol. The van der Waals surface area contributed by atoms with Gasteiger partial charge in [0.2, 0.25) is 0 Å². The van der Waals surface area contributed by atoms with Gasteiger partial charge in [-0.05, 0) is 76.9 Å². The third-order valence-corrected chi connectivity index (χ3v) is 5.47. The first kappa shape index (κ1) is 20.4. The minimum Gasteiger partial charge on any atom is -0.489 e. The van der Waals surface area contributed by atoms with Crippen molar-refractivity contribution >= 4 is 5.91 Å². The van der Waals surface area contributed by atoms with Crippen molar-refractivity contribution in [2.75, 3.05) is 26.2 Å². The number of hydrogen-bond donors (Lipinski definition) is 1. The van der Waals surface area contributed by atoms with Crippen LogP contribution in [0.5, 0.6) is 5.75 Å². The lowest BCUT2D eigenvalue weighted by Gasteiger charge is -2.30. The molecule has 1 saturated heterocycles. The monoisotopic (exact) mass is 385 g/mol. The van der Waals surface area contributed by atoms with Gasteiger partial charge in [-0.2, -0.15) is 0 Å². The average Bonchev–Trinajstić information content (AvgIpc) is 3.02. The maximum atomic E-state index is 12.4. The molecule has 1 aromatic heterocycles. The molecular formula is C22H31N3O3. The summed E-state index contributed by atoms with van der Waals surface area (Å²) >= 11 is 0. The first-order valence-electron chi connectivity index (χ1n) is 10.2. The summed E-state index contributed by atoms with van der Waals surface area (Å²) in [5.41, 5.74) is 2.39. The Bertz CT molecular complexity index is 760. The highest BCUT2D eigenvalue weighted by Gasteiger charge is 2.15. The molecular weight excluding hydrogens is 354 g/mol. The second-order valence-corrected chi connectivity index (χ2v) is 7.75. The molecule has 2 heterocycles. The number of nitrogens with one attached hydrogen (secondary N) is 1. The molecule has 1 N–H and O–H groups in total. The molecule has 2 aromatic rings. The Kier molecular flexibility index (Phi) is 7.09. The zero-order chi connectivity index (χ0) is 19.9. The molecule has 3 rings (SSSR count). The number of carbonyl (C=O) groups excluding carboxylic acids is 1. The third-order valence-electron chi connectivity index (χ3n) is 5.47. The van der Waals surface area contributed by atoms with Crippen molar-refractivity contribution in [2.45, 2.75) is 46.6 Å². The topological polar surface area (TPSA) is 67.6 Å². The van der Waals surface area contributed by atoms with Crippen LogP contribution in [0.1, 0.15) is 53.6 Å². The molecule has 6 heteroatoms. The number of piperidine rings is 1. The SMILES string of the molecule is Cc1noc(C)c1COc1cccc(C(=O)NCCCN2CCC(C)CC2)c1. The number of ether oxygens (including phenoxy) is 1. The van der Waals surface area contributed by atoms with Crippen molar-refractivity contribution in [3.8, 4) is 5.75 Å². The molecule has 1 fully saturated rings. The Balaban J connectivity index is 1.43. The van der Waals surface area contributed by atoms with Crippen LogP contribution in [0.2, 0.25) is 0 Å². The van der Waals surface area contributed by atoms with Crippen molar-refractivity contribution in [1.29, 1.82) is 0 Å². The van der Waals surface area contributed by atoms with E-state index in [1.165, 1.54) is 25.9 Å². The van der Waals surface area contributed by atoms with Crippen LogP contribution in [-0.4, -0.2) is 42.1 Å². The molecule has 0 atom stereocenters. The van der Waals surface area contributed by atoms with E-state index < -0.39 is 0 Å². The van der Waals surface area contributed by atoms with Crippen molar-refractivity contribution in [3.05, 3.63) is 46.8 Å². The highest BCUT2D eigenvalue weighted by Crippen LogP contribution is 2.19. The maximum absolute atomic E-state index is 12.4. The summed E-state index contributed by atoms with van der Waals surface area (Å²) in [5.74, 6) is 2.21. The number of likely N-dealkylation sites (tertiary alicyclic amines) is 1. The molecule has 0 radical (unpaired) electrons. The van der Waals surface area contributed by atoms with Crippen LogP contribution >= 0.6 is 0 Å². The summed E-state index contributed by atoms with van der Waals surface area (Å²) in [5, 5.41) is 6.95. The van der Waals surface area contributed by atoms with Crippen molar-refractivity contribution in [1.82, 2.24) is 15.4 Å². The van der Waals surface area contributed by atoms with Gasteiger partial charge in [-0.1, -0.05) is 18.1 Å². The lowest BCUT2D eigenvalue weighted by atomic mass is 9.99. The van der Waals surface area contributed by atoms with Crippen molar-refractivity contribution < 1.29 is 14.1 Å². The number of rotatable bonds is 8. The van der Waals surface area contributed by atoms with Gasteiger partial charge in [-0.15, -0.1) is 0 Å². The average molecular weight is 386 g/mol. The zero-order valence-electron chi connectivity index (χ0n) is 17.2. The number of aromatic nitrogens is 1. The molecule has 1 aliphatic heterocycles. The summed E-state index contributed by atoms with van der Waals surface area (Å²) in [6, 6.07) is 7.28. The Morgan fingerprint density at radius 3 is 2.82 bits per heavy atom. The summed E-state index contributed by atoms with van der Waals surface area (Å²) in [6.07, 6.45) is 3.54. The molecule has 0 spiro atoms. The highest BCUT2D eigenvalue weighted by atomic mass is 16.5. The number of amides is 1. The number of hydrogen-bond acceptors (Lipinski definition) is 5. The van der Waals surface area contributed by atoms with Crippen LogP contribution in [0.25, 0.3) is 0 Å². The van der Waals surface area contributed by atoms with E-state index in [1.807, 2.05) is 32.0 Å². The van der Waals surface area contributed by atoms with E-state index in [4.69, 9.17) is 9.26 Å². The molecule has 1 aliphatic rings. The van der Waals surface area contributed by atoms with Crippen LogP contribution in [0, 0.1) is 19.8 Å². The van der Waals surface area contributed by atoms with E-state index in [0.29, 0.717) is 24.5 Å². The number of nitrogens with zero attached hydrogens (tertiary/aromatic N) is 2. The number of benzene rings is 1. The van der Waals surface area contributed by atoms with Gasteiger partial charge < -0.3 is 19.5 Å². The Morgan fingerprint density at radius 2 is 2.11 bits per heavy atom. The van der Waals surface area contributed by atoms with Crippen molar-refractivity contribution in [3.63, 3.8) is 0 Å². The number of aryl methyl sites for hydroxylation is 2. The van der Waals surface area contributed by atoms with E-state index in [0.717, 1.165) is 35.9 Å². The molecule has 6 nitrogen and oxygen atoms in total. The third kappa shape index (κ3) is 5.58. The van der Waals surface area contributed by atoms with E-state index in [9.17, 15) is 4.79 Å². The van der Waals surface area contributed by atoms with Crippen LogP contribution in [0.4, 0.5) is 0 Å². The first-order chi connectivity index (χ1) is 13.5. The second-order valence-electron chi connectivity index (χ2n) is 7.75. The van der Waals surface area contributed by atoms with Gasteiger partial charge in [0.05, 0.1) is 11.3 Å². The lowest BCUT2D eigenvalue weighted by molar-refractivity contribution is 0.0950. The highest BCUT2D eigenvalue weighted by molar-refractivity contribution is 5.94. The van der Waals surface area contributed by atoms with Crippen LogP contribution < -0.4 is 10.1 Å². The largest absolute Gasteiger partial charge is 0.489 e. The van der Waals surface area contributed by atoms with Crippen molar-refractivity contribution in [2.24, 2.45) is 5.92 Å². The minimum absolute atomic E-state index is 0.0601. The van der Waals surface area contributed by atoms with Gasteiger partial charge in [0.15, 0.2) is 0 Å². The molecule has 0 aliphatic carbocycles.